The maximum atomic E-state index is 10.6. The maximum Gasteiger partial charge on any atom is 1.00 e. The number of ether oxygens (including phenoxy) is 1. The SMILES string of the molecule is O=S(=O)([O-])CCCOc1ccc(-c2nc3ccccc3c3ccccc23)cc1.[Cs+]. The Labute approximate surface area is 228 Å². The fourth-order valence-electron chi connectivity index (χ4n) is 3.26. The number of aromatic nitrogens is 1. The van der Waals surface area contributed by atoms with Crippen molar-refractivity contribution in [2.75, 3.05) is 12.4 Å². The molecule has 5 nitrogen and oxygen atoms in total. The van der Waals surface area contributed by atoms with Gasteiger partial charge in [0.05, 0.1) is 27.9 Å². The van der Waals surface area contributed by atoms with Gasteiger partial charge in [0, 0.05) is 22.1 Å². The van der Waals surface area contributed by atoms with E-state index in [2.05, 4.69) is 18.2 Å². The summed E-state index contributed by atoms with van der Waals surface area (Å²) in [5.74, 6) is 0.204. The van der Waals surface area contributed by atoms with Gasteiger partial charge >= 0.3 is 68.9 Å². The van der Waals surface area contributed by atoms with Gasteiger partial charge in [0.25, 0.3) is 0 Å². The molecule has 0 saturated carbocycles. The second kappa shape index (κ2) is 9.93. The Hall–Kier alpha value is -0.908. The summed E-state index contributed by atoms with van der Waals surface area (Å²) >= 11 is 0. The molecule has 0 bridgehead atoms. The Kier molecular flexibility index (Phi) is 7.80. The number of pyridine rings is 1. The second-order valence-electron chi connectivity index (χ2n) is 6.51. The topological polar surface area (TPSA) is 79.3 Å². The Bertz CT molecular complexity index is 1240. The van der Waals surface area contributed by atoms with Crippen molar-refractivity contribution in [3.8, 4) is 17.0 Å². The van der Waals surface area contributed by atoms with Crippen molar-refractivity contribution in [2.24, 2.45) is 0 Å². The molecule has 1 heterocycles. The molecule has 0 aliphatic carbocycles. The molecule has 0 fully saturated rings. The summed E-state index contributed by atoms with van der Waals surface area (Å²) in [5.41, 5.74) is 2.81. The summed E-state index contributed by atoms with van der Waals surface area (Å²) in [5, 5.41) is 3.35. The third kappa shape index (κ3) is 5.62. The fraction of sp³-hybridized carbons (Fsp3) is 0.136. The molecule has 0 amide bonds. The van der Waals surface area contributed by atoms with Gasteiger partial charge in [0.2, 0.25) is 0 Å². The van der Waals surface area contributed by atoms with Crippen LogP contribution in [-0.2, 0) is 10.1 Å². The molecular weight excluding hydrogens is 507 g/mol. The molecule has 0 aliphatic heterocycles. The van der Waals surface area contributed by atoms with Crippen molar-refractivity contribution in [1.82, 2.24) is 4.98 Å². The van der Waals surface area contributed by atoms with Crippen LogP contribution in [0.3, 0.4) is 0 Å². The minimum atomic E-state index is -4.20. The van der Waals surface area contributed by atoms with Crippen molar-refractivity contribution in [2.45, 2.75) is 6.42 Å². The Balaban J connectivity index is 0.00000240. The Morgan fingerprint density at radius 1 is 0.828 bits per heavy atom. The fourth-order valence-corrected chi connectivity index (χ4v) is 3.73. The molecule has 1 aromatic heterocycles. The zero-order valence-corrected chi connectivity index (χ0v) is 23.1. The zero-order chi connectivity index (χ0) is 19.6. The van der Waals surface area contributed by atoms with E-state index in [1.807, 2.05) is 54.6 Å². The number of fused-ring (bicyclic) bond motifs is 3. The van der Waals surface area contributed by atoms with Crippen LogP contribution in [0.5, 0.6) is 5.75 Å². The van der Waals surface area contributed by atoms with Crippen LogP contribution >= 0.6 is 0 Å². The third-order valence-electron chi connectivity index (χ3n) is 4.54. The van der Waals surface area contributed by atoms with E-state index in [-0.39, 0.29) is 81.9 Å². The predicted molar refractivity (Wildman–Crippen MR) is 109 cm³/mol. The van der Waals surface area contributed by atoms with Crippen molar-refractivity contribution < 1.29 is 86.6 Å². The van der Waals surface area contributed by atoms with Gasteiger partial charge in [-0.3, -0.25) is 0 Å². The average Bonchev–Trinajstić information content (AvgIpc) is 2.70. The summed E-state index contributed by atoms with van der Waals surface area (Å²) in [6.07, 6.45) is 0.171. The van der Waals surface area contributed by atoms with E-state index >= 15 is 0 Å². The number of benzene rings is 3. The van der Waals surface area contributed by atoms with Crippen LogP contribution in [0.25, 0.3) is 32.9 Å². The van der Waals surface area contributed by atoms with Gasteiger partial charge in [-0.15, -0.1) is 0 Å². The third-order valence-corrected chi connectivity index (χ3v) is 5.33. The standard InChI is InChI=1S/C22H19NO4S.Cs/c24-28(25,26)15-5-14-27-17-12-10-16(11-13-17)22-20-8-2-1-6-18(20)19-7-3-4-9-21(19)23-22;/h1-4,6-13H,5,14-15H2,(H,24,25,26);/q;+1/p-1. The summed E-state index contributed by atoms with van der Waals surface area (Å²) in [4.78, 5) is 4.86. The van der Waals surface area contributed by atoms with Gasteiger partial charge in [-0.1, -0.05) is 42.5 Å². The molecule has 3 aromatic carbocycles. The molecule has 7 heteroatoms. The predicted octanol–water partition coefficient (Wildman–Crippen LogP) is 1.37. The van der Waals surface area contributed by atoms with E-state index < -0.39 is 15.9 Å². The van der Waals surface area contributed by atoms with Gasteiger partial charge < -0.3 is 9.29 Å². The minimum Gasteiger partial charge on any atom is -0.748 e. The van der Waals surface area contributed by atoms with Crippen LogP contribution in [0.1, 0.15) is 6.42 Å². The van der Waals surface area contributed by atoms with E-state index in [0.717, 1.165) is 32.9 Å². The van der Waals surface area contributed by atoms with Crippen LogP contribution in [0, 0.1) is 0 Å². The number of hydrogen-bond donors (Lipinski definition) is 0. The minimum absolute atomic E-state index is 0. The molecule has 0 atom stereocenters. The van der Waals surface area contributed by atoms with Crippen molar-refractivity contribution in [1.29, 1.82) is 0 Å². The monoisotopic (exact) mass is 525 g/mol. The maximum absolute atomic E-state index is 10.6. The molecule has 29 heavy (non-hydrogen) atoms. The van der Waals surface area contributed by atoms with E-state index in [0.29, 0.717) is 5.75 Å². The molecule has 4 aromatic rings. The smallest absolute Gasteiger partial charge is 0.748 e. The number of hydrogen-bond acceptors (Lipinski definition) is 5. The molecule has 0 radical (unpaired) electrons. The van der Waals surface area contributed by atoms with Crippen molar-refractivity contribution in [3.63, 3.8) is 0 Å². The molecular formula is C22H18CsNO4S. The van der Waals surface area contributed by atoms with E-state index in [4.69, 9.17) is 9.72 Å². The molecule has 142 valence electrons. The summed E-state index contributed by atoms with van der Waals surface area (Å²) in [7, 11) is -4.20. The normalized spacial score (nSPS) is 11.3. The summed E-state index contributed by atoms with van der Waals surface area (Å²) in [6.45, 7) is 0.179. The van der Waals surface area contributed by atoms with Crippen LogP contribution in [0.15, 0.2) is 72.8 Å². The molecule has 4 rings (SSSR count). The van der Waals surface area contributed by atoms with Crippen LogP contribution < -0.4 is 73.6 Å². The van der Waals surface area contributed by atoms with E-state index in [1.165, 1.54) is 0 Å². The number of nitrogens with zero attached hydrogens (tertiary/aromatic N) is 1. The van der Waals surface area contributed by atoms with Gasteiger partial charge in [-0.2, -0.15) is 0 Å². The van der Waals surface area contributed by atoms with Crippen molar-refractivity contribution >= 4 is 31.8 Å². The van der Waals surface area contributed by atoms with Crippen molar-refractivity contribution in [3.05, 3.63) is 72.8 Å². The van der Waals surface area contributed by atoms with Gasteiger partial charge in [-0.25, -0.2) is 13.4 Å². The van der Waals surface area contributed by atoms with E-state index in [1.54, 1.807) is 0 Å². The summed E-state index contributed by atoms with van der Waals surface area (Å²) in [6, 6.07) is 23.8. The molecule has 0 N–H and O–H groups in total. The number of rotatable bonds is 6. The Morgan fingerprint density at radius 2 is 1.45 bits per heavy atom. The van der Waals surface area contributed by atoms with E-state index in [9.17, 15) is 13.0 Å². The van der Waals surface area contributed by atoms with Crippen LogP contribution in [-0.4, -0.2) is 30.3 Å². The molecule has 0 aliphatic rings. The number of para-hydroxylation sites is 1. The molecule has 0 unspecified atom stereocenters. The Morgan fingerprint density at radius 3 is 2.14 bits per heavy atom. The van der Waals surface area contributed by atoms with Crippen LogP contribution in [0.4, 0.5) is 0 Å². The quantitative estimate of drug-likeness (QED) is 0.216. The van der Waals surface area contributed by atoms with Gasteiger partial charge in [0.15, 0.2) is 0 Å². The molecule has 0 spiro atoms. The second-order valence-corrected chi connectivity index (χ2v) is 8.03. The van der Waals surface area contributed by atoms with Gasteiger partial charge in [-0.05, 0) is 42.1 Å². The average molecular weight is 525 g/mol. The van der Waals surface area contributed by atoms with Crippen LogP contribution in [0.2, 0.25) is 0 Å². The first-order chi connectivity index (χ1) is 13.5. The van der Waals surface area contributed by atoms with Gasteiger partial charge in [0.1, 0.15) is 5.75 Å². The summed E-state index contributed by atoms with van der Waals surface area (Å²) < 4.78 is 37.4. The first-order valence-electron chi connectivity index (χ1n) is 8.95. The first kappa shape index (κ1) is 22.8. The first-order valence-corrected chi connectivity index (χ1v) is 10.5. The zero-order valence-electron chi connectivity index (χ0n) is 16.0. The largest absolute Gasteiger partial charge is 1.00 e. The molecule has 0 saturated heterocycles.